The fourth-order valence-corrected chi connectivity index (χ4v) is 2.45. The molecule has 0 aliphatic heterocycles. The number of aromatic nitrogens is 2. The van der Waals surface area contributed by atoms with Gasteiger partial charge < -0.3 is 19.9 Å². The van der Waals surface area contributed by atoms with Gasteiger partial charge in [-0.05, 0) is 19.1 Å². The standard InChI is InChI=1S/C17H19N3O3/c1-12-14(6-9-23-12)15-10-17(20(19-15)7-8-21)18-11-13-4-2-3-5-16(13)22/h2-6,9-10,18,21-22H,7-8,11H2,1H3. The summed E-state index contributed by atoms with van der Waals surface area (Å²) in [5, 5.41) is 26.8. The third-order valence-electron chi connectivity index (χ3n) is 3.68. The van der Waals surface area contributed by atoms with Crippen LogP contribution in [-0.2, 0) is 13.1 Å². The van der Waals surface area contributed by atoms with Crippen molar-refractivity contribution < 1.29 is 14.6 Å². The van der Waals surface area contributed by atoms with Crippen LogP contribution in [0.1, 0.15) is 11.3 Å². The molecule has 0 bridgehead atoms. The number of benzene rings is 1. The Kier molecular flexibility index (Phi) is 4.34. The molecule has 0 unspecified atom stereocenters. The Morgan fingerprint density at radius 1 is 1.26 bits per heavy atom. The van der Waals surface area contributed by atoms with Gasteiger partial charge in [-0.3, -0.25) is 0 Å². The van der Waals surface area contributed by atoms with Gasteiger partial charge in [-0.2, -0.15) is 5.10 Å². The quantitative estimate of drug-likeness (QED) is 0.652. The maximum Gasteiger partial charge on any atom is 0.125 e. The van der Waals surface area contributed by atoms with Crippen LogP contribution in [-0.4, -0.2) is 26.6 Å². The highest BCUT2D eigenvalue weighted by Crippen LogP contribution is 2.26. The molecule has 0 saturated carbocycles. The number of aromatic hydroxyl groups is 1. The number of nitrogens with one attached hydrogen (secondary N) is 1. The van der Waals surface area contributed by atoms with E-state index in [0.29, 0.717) is 13.1 Å². The number of hydrogen-bond donors (Lipinski definition) is 3. The summed E-state index contributed by atoms with van der Waals surface area (Å²) < 4.78 is 7.03. The van der Waals surface area contributed by atoms with E-state index in [2.05, 4.69) is 10.4 Å². The van der Waals surface area contributed by atoms with Gasteiger partial charge in [-0.1, -0.05) is 18.2 Å². The van der Waals surface area contributed by atoms with Crippen LogP contribution in [0.25, 0.3) is 11.3 Å². The van der Waals surface area contributed by atoms with E-state index in [-0.39, 0.29) is 12.4 Å². The molecule has 6 nitrogen and oxygen atoms in total. The Morgan fingerprint density at radius 3 is 2.78 bits per heavy atom. The first-order valence-electron chi connectivity index (χ1n) is 7.43. The van der Waals surface area contributed by atoms with Gasteiger partial charge in [0.1, 0.15) is 17.3 Å². The summed E-state index contributed by atoms with van der Waals surface area (Å²) in [6.45, 7) is 2.74. The van der Waals surface area contributed by atoms with Crippen molar-refractivity contribution in [1.82, 2.24) is 9.78 Å². The first-order chi connectivity index (χ1) is 11.2. The van der Waals surface area contributed by atoms with Gasteiger partial charge in [-0.15, -0.1) is 0 Å². The second kappa shape index (κ2) is 6.58. The lowest BCUT2D eigenvalue weighted by atomic mass is 10.2. The number of hydrogen-bond acceptors (Lipinski definition) is 5. The number of aliphatic hydroxyl groups is 1. The molecule has 120 valence electrons. The Balaban J connectivity index is 1.84. The van der Waals surface area contributed by atoms with Crippen molar-refractivity contribution in [3.05, 3.63) is 54.0 Å². The zero-order chi connectivity index (χ0) is 16.2. The van der Waals surface area contributed by atoms with Crippen LogP contribution >= 0.6 is 0 Å². The zero-order valence-corrected chi connectivity index (χ0v) is 12.9. The summed E-state index contributed by atoms with van der Waals surface area (Å²) in [6.07, 6.45) is 1.63. The lowest BCUT2D eigenvalue weighted by molar-refractivity contribution is 0.270. The largest absolute Gasteiger partial charge is 0.508 e. The third-order valence-corrected chi connectivity index (χ3v) is 3.68. The van der Waals surface area contributed by atoms with Crippen LogP contribution in [0.2, 0.25) is 0 Å². The molecule has 0 saturated heterocycles. The van der Waals surface area contributed by atoms with Gasteiger partial charge in [0.05, 0.1) is 25.1 Å². The first-order valence-corrected chi connectivity index (χ1v) is 7.43. The van der Waals surface area contributed by atoms with Crippen molar-refractivity contribution in [3.8, 4) is 17.0 Å². The van der Waals surface area contributed by atoms with Crippen LogP contribution in [0.15, 0.2) is 47.1 Å². The molecule has 23 heavy (non-hydrogen) atoms. The highest BCUT2D eigenvalue weighted by atomic mass is 16.3. The zero-order valence-electron chi connectivity index (χ0n) is 12.9. The Labute approximate surface area is 134 Å². The summed E-state index contributed by atoms with van der Waals surface area (Å²) in [5.74, 6) is 1.82. The van der Waals surface area contributed by atoms with Crippen molar-refractivity contribution >= 4 is 5.82 Å². The smallest absolute Gasteiger partial charge is 0.125 e. The van der Waals surface area contributed by atoms with E-state index in [1.807, 2.05) is 31.2 Å². The van der Waals surface area contributed by atoms with Gasteiger partial charge in [-0.25, -0.2) is 4.68 Å². The molecule has 3 aromatic rings. The van der Waals surface area contributed by atoms with Crippen LogP contribution in [0.4, 0.5) is 5.82 Å². The monoisotopic (exact) mass is 313 g/mol. The number of phenols is 1. The first kappa shape index (κ1) is 15.2. The van der Waals surface area contributed by atoms with E-state index in [1.165, 1.54) is 0 Å². The lowest BCUT2D eigenvalue weighted by Gasteiger charge is -2.09. The van der Waals surface area contributed by atoms with E-state index in [4.69, 9.17) is 4.42 Å². The molecule has 0 atom stereocenters. The second-order valence-corrected chi connectivity index (χ2v) is 5.23. The Bertz CT molecular complexity index is 792. The van der Waals surface area contributed by atoms with E-state index < -0.39 is 0 Å². The van der Waals surface area contributed by atoms with E-state index >= 15 is 0 Å². The number of aliphatic hydroxyl groups excluding tert-OH is 1. The van der Waals surface area contributed by atoms with Crippen LogP contribution in [0.3, 0.4) is 0 Å². The Morgan fingerprint density at radius 2 is 2.09 bits per heavy atom. The minimum Gasteiger partial charge on any atom is -0.508 e. The van der Waals surface area contributed by atoms with Crippen molar-refractivity contribution in [3.63, 3.8) is 0 Å². The topological polar surface area (TPSA) is 83.5 Å². The fourth-order valence-electron chi connectivity index (χ4n) is 2.45. The van der Waals surface area contributed by atoms with E-state index in [1.54, 1.807) is 23.1 Å². The molecule has 0 amide bonds. The number of para-hydroxylation sites is 1. The molecule has 6 heteroatoms. The molecule has 3 rings (SSSR count). The summed E-state index contributed by atoms with van der Waals surface area (Å²) in [5.41, 5.74) is 2.50. The van der Waals surface area contributed by atoms with Gasteiger partial charge >= 0.3 is 0 Å². The van der Waals surface area contributed by atoms with Crippen molar-refractivity contribution in [1.29, 1.82) is 0 Å². The lowest BCUT2D eigenvalue weighted by Crippen LogP contribution is -2.10. The number of furan rings is 1. The molecular formula is C17H19N3O3. The van der Waals surface area contributed by atoms with E-state index in [9.17, 15) is 10.2 Å². The molecule has 0 aliphatic rings. The molecule has 3 N–H and O–H groups in total. The van der Waals surface area contributed by atoms with Gasteiger partial charge in [0.15, 0.2) is 0 Å². The number of phenolic OH excluding ortho intramolecular Hbond substituents is 1. The molecule has 0 aliphatic carbocycles. The van der Waals surface area contributed by atoms with Crippen molar-refractivity contribution in [2.24, 2.45) is 0 Å². The molecule has 1 aromatic carbocycles. The summed E-state index contributed by atoms with van der Waals surface area (Å²) >= 11 is 0. The summed E-state index contributed by atoms with van der Waals surface area (Å²) in [6, 6.07) is 11.0. The average molecular weight is 313 g/mol. The average Bonchev–Trinajstić information content (AvgIpc) is 3.13. The Hall–Kier alpha value is -2.73. The molecule has 2 aromatic heterocycles. The molecule has 0 fully saturated rings. The maximum atomic E-state index is 9.84. The van der Waals surface area contributed by atoms with Gasteiger partial charge in [0, 0.05) is 23.7 Å². The fraction of sp³-hybridized carbons (Fsp3) is 0.235. The van der Waals surface area contributed by atoms with Crippen molar-refractivity contribution in [2.75, 3.05) is 11.9 Å². The SMILES string of the molecule is Cc1occc1-c1cc(NCc2ccccc2O)n(CCO)n1. The number of aryl methyl sites for hydroxylation is 1. The number of anilines is 1. The normalized spacial score (nSPS) is 10.9. The molecule has 2 heterocycles. The van der Waals surface area contributed by atoms with Gasteiger partial charge in [0.2, 0.25) is 0 Å². The minimum atomic E-state index is -0.00322. The highest BCUT2D eigenvalue weighted by Gasteiger charge is 2.13. The third kappa shape index (κ3) is 3.22. The van der Waals surface area contributed by atoms with E-state index in [0.717, 1.165) is 28.4 Å². The molecular weight excluding hydrogens is 294 g/mol. The summed E-state index contributed by atoms with van der Waals surface area (Å²) in [4.78, 5) is 0. The second-order valence-electron chi connectivity index (χ2n) is 5.23. The summed E-state index contributed by atoms with van der Waals surface area (Å²) in [7, 11) is 0. The van der Waals surface area contributed by atoms with Crippen LogP contribution < -0.4 is 5.32 Å². The van der Waals surface area contributed by atoms with Crippen LogP contribution in [0, 0.1) is 6.92 Å². The van der Waals surface area contributed by atoms with Gasteiger partial charge in [0.25, 0.3) is 0 Å². The number of nitrogens with zero attached hydrogens (tertiary/aromatic N) is 2. The predicted molar refractivity (Wildman–Crippen MR) is 87.2 cm³/mol. The number of rotatable bonds is 6. The predicted octanol–water partition coefficient (Wildman–Crippen LogP) is 2.76. The molecule has 0 spiro atoms. The molecule has 0 radical (unpaired) electrons. The van der Waals surface area contributed by atoms with Crippen LogP contribution in [0.5, 0.6) is 5.75 Å². The highest BCUT2D eigenvalue weighted by molar-refractivity contribution is 5.64. The van der Waals surface area contributed by atoms with Crippen molar-refractivity contribution in [2.45, 2.75) is 20.0 Å². The maximum absolute atomic E-state index is 9.84. The minimum absolute atomic E-state index is 0.00322.